The van der Waals surface area contributed by atoms with E-state index >= 15 is 0 Å². The summed E-state index contributed by atoms with van der Waals surface area (Å²) in [6.07, 6.45) is 17.1. The minimum absolute atomic E-state index is 0.234. The molecule has 2 N–H and O–H groups in total. The van der Waals surface area contributed by atoms with Crippen LogP contribution in [0, 0.1) is 17.8 Å². The molecule has 0 saturated heterocycles. The number of nitrogens with one attached hydrogen (secondary N) is 2. The van der Waals surface area contributed by atoms with Gasteiger partial charge in [-0.15, -0.1) is 0 Å². The van der Waals surface area contributed by atoms with Crippen LogP contribution in [-0.4, -0.2) is 16.9 Å². The highest BCUT2D eigenvalue weighted by molar-refractivity contribution is 7.80. The molecule has 29 heavy (non-hydrogen) atoms. The molecule has 0 heterocycles. The molecular weight excluding hydrogens is 374 g/mol. The average molecular weight is 410 g/mol. The first kappa shape index (κ1) is 20.6. The Labute approximate surface area is 181 Å². The first-order valence-electron chi connectivity index (χ1n) is 11.5. The van der Waals surface area contributed by atoms with E-state index in [1.807, 2.05) is 6.21 Å². The maximum Gasteiger partial charge on any atom is 0.187 e. The Morgan fingerprint density at radius 2 is 1.72 bits per heavy atom. The van der Waals surface area contributed by atoms with Crippen molar-refractivity contribution in [1.82, 2.24) is 10.7 Å². The summed E-state index contributed by atoms with van der Waals surface area (Å²) in [7, 11) is 0. The third kappa shape index (κ3) is 5.48. The second kappa shape index (κ2) is 9.42. The molecule has 0 aromatic heterocycles. The fraction of sp³-hybridized carbons (Fsp3) is 0.600. The summed E-state index contributed by atoms with van der Waals surface area (Å²) in [4.78, 5) is 0. The molecule has 0 unspecified atom stereocenters. The lowest BCUT2D eigenvalue weighted by molar-refractivity contribution is -0.0101. The molecule has 0 amide bonds. The minimum atomic E-state index is 0.234. The van der Waals surface area contributed by atoms with Crippen molar-refractivity contribution in [3.63, 3.8) is 0 Å². The topological polar surface area (TPSA) is 36.4 Å². The van der Waals surface area contributed by atoms with Crippen molar-refractivity contribution < 1.29 is 0 Å². The normalized spacial score (nSPS) is 30.7. The molecule has 3 nitrogen and oxygen atoms in total. The molecule has 4 bridgehead atoms. The van der Waals surface area contributed by atoms with E-state index in [0.717, 1.165) is 24.2 Å². The number of hydrogen-bond donors (Lipinski definition) is 2. The molecule has 4 fully saturated rings. The zero-order chi connectivity index (χ0) is 20.1. The Hall–Kier alpha value is -1.68. The van der Waals surface area contributed by atoms with E-state index in [1.54, 1.807) is 0 Å². The number of unbranched alkanes of at least 4 members (excludes halogenated alkanes) is 2. The zero-order valence-corrected chi connectivity index (χ0v) is 18.5. The standard InChI is InChI=1S/C25H35N3S/c1-2-3-5-10-20(11-19-8-6-4-7-9-19)18-26-28-24(29)27-25-15-21-12-22(16-25)14-23(13-21)17-25/h4,6-9,11,18,21-23H,2-3,5,10,12-17H2,1H3,(H2,27,28,29)/b20-11+,26-18+. The highest BCUT2D eigenvalue weighted by Gasteiger charge is 2.51. The van der Waals surface area contributed by atoms with Gasteiger partial charge in [0.15, 0.2) is 5.11 Å². The Morgan fingerprint density at radius 3 is 2.34 bits per heavy atom. The van der Waals surface area contributed by atoms with Gasteiger partial charge in [-0.2, -0.15) is 5.10 Å². The van der Waals surface area contributed by atoms with E-state index in [-0.39, 0.29) is 5.54 Å². The van der Waals surface area contributed by atoms with Gasteiger partial charge in [0.2, 0.25) is 0 Å². The highest BCUT2D eigenvalue weighted by Crippen LogP contribution is 2.55. The van der Waals surface area contributed by atoms with Crippen molar-refractivity contribution in [2.45, 2.75) is 76.7 Å². The van der Waals surface area contributed by atoms with Gasteiger partial charge in [-0.3, -0.25) is 5.43 Å². The summed E-state index contributed by atoms with van der Waals surface area (Å²) in [5.41, 5.74) is 5.81. The van der Waals surface area contributed by atoms with Crippen LogP contribution >= 0.6 is 12.2 Å². The molecule has 1 aromatic carbocycles. The lowest BCUT2D eigenvalue weighted by atomic mass is 9.53. The molecule has 4 saturated carbocycles. The van der Waals surface area contributed by atoms with E-state index in [9.17, 15) is 0 Å². The number of hydrogen-bond acceptors (Lipinski definition) is 2. The summed E-state index contributed by atoms with van der Waals surface area (Å²) in [6.45, 7) is 2.24. The predicted molar refractivity (Wildman–Crippen MR) is 127 cm³/mol. The van der Waals surface area contributed by atoms with Gasteiger partial charge in [0.1, 0.15) is 0 Å². The molecule has 4 aliphatic rings. The quantitative estimate of drug-likeness (QED) is 0.237. The SMILES string of the molecule is CCCCCC(/C=N/NC(=S)NC12CC3CC(CC(C3)C1)C2)=C\c1ccccc1. The van der Waals surface area contributed by atoms with E-state index < -0.39 is 0 Å². The van der Waals surface area contributed by atoms with Crippen LogP contribution < -0.4 is 10.7 Å². The van der Waals surface area contributed by atoms with Crippen molar-refractivity contribution in [2.24, 2.45) is 22.9 Å². The molecule has 1 aromatic rings. The average Bonchev–Trinajstić information content (AvgIpc) is 2.67. The van der Waals surface area contributed by atoms with Crippen molar-refractivity contribution in [1.29, 1.82) is 0 Å². The molecule has 4 aliphatic carbocycles. The van der Waals surface area contributed by atoms with Gasteiger partial charge in [-0.05, 0) is 92.5 Å². The molecule has 4 heteroatoms. The van der Waals surface area contributed by atoms with Crippen LogP contribution in [0.15, 0.2) is 41.0 Å². The molecule has 156 valence electrons. The molecule has 0 aliphatic heterocycles. The van der Waals surface area contributed by atoms with Crippen LogP contribution in [0.4, 0.5) is 0 Å². The number of nitrogens with zero attached hydrogens (tertiary/aromatic N) is 1. The smallest absolute Gasteiger partial charge is 0.187 e. The highest BCUT2D eigenvalue weighted by atomic mass is 32.1. The van der Waals surface area contributed by atoms with Crippen LogP contribution in [0.3, 0.4) is 0 Å². The first-order chi connectivity index (χ1) is 14.1. The second-order valence-corrected chi connectivity index (χ2v) is 10.0. The number of allylic oxidation sites excluding steroid dienone is 1. The number of rotatable bonds is 8. The van der Waals surface area contributed by atoms with Crippen molar-refractivity contribution in [2.75, 3.05) is 0 Å². The minimum Gasteiger partial charge on any atom is -0.356 e. The first-order valence-corrected chi connectivity index (χ1v) is 11.9. The van der Waals surface area contributed by atoms with E-state index in [2.05, 4.69) is 59.2 Å². The summed E-state index contributed by atoms with van der Waals surface area (Å²) in [6, 6.07) is 10.5. The van der Waals surface area contributed by atoms with Crippen LogP contribution in [0.5, 0.6) is 0 Å². The second-order valence-electron chi connectivity index (χ2n) is 9.61. The Balaban J connectivity index is 1.34. The van der Waals surface area contributed by atoms with E-state index in [1.165, 1.54) is 68.9 Å². The lowest BCUT2D eigenvalue weighted by Gasteiger charge is -2.57. The van der Waals surface area contributed by atoms with Crippen LogP contribution in [-0.2, 0) is 0 Å². The van der Waals surface area contributed by atoms with Gasteiger partial charge in [-0.25, -0.2) is 0 Å². The third-order valence-electron chi connectivity index (χ3n) is 7.03. The van der Waals surface area contributed by atoms with Crippen LogP contribution in [0.1, 0.15) is 76.7 Å². The predicted octanol–water partition coefficient (Wildman–Crippen LogP) is 6.07. The zero-order valence-electron chi connectivity index (χ0n) is 17.7. The Morgan fingerprint density at radius 1 is 1.07 bits per heavy atom. The van der Waals surface area contributed by atoms with E-state index in [4.69, 9.17) is 12.2 Å². The van der Waals surface area contributed by atoms with Crippen LogP contribution in [0.2, 0.25) is 0 Å². The summed E-state index contributed by atoms with van der Waals surface area (Å²) in [5.74, 6) is 2.75. The maximum atomic E-state index is 5.62. The lowest BCUT2D eigenvalue weighted by Crippen LogP contribution is -2.61. The fourth-order valence-electron chi connectivity index (χ4n) is 6.22. The Kier molecular flexibility index (Phi) is 6.69. The number of hydrazone groups is 1. The molecule has 0 atom stereocenters. The van der Waals surface area contributed by atoms with Crippen molar-refractivity contribution >= 4 is 29.6 Å². The van der Waals surface area contributed by atoms with Crippen molar-refractivity contribution in [3.8, 4) is 0 Å². The van der Waals surface area contributed by atoms with Crippen molar-refractivity contribution in [3.05, 3.63) is 41.5 Å². The maximum absolute atomic E-state index is 5.62. The van der Waals surface area contributed by atoms with Gasteiger partial charge in [0.05, 0.1) is 6.21 Å². The fourth-order valence-corrected chi connectivity index (χ4v) is 6.49. The molecular formula is C25H35N3S. The molecule has 0 spiro atoms. The van der Waals surface area contributed by atoms with Crippen LogP contribution in [0.25, 0.3) is 6.08 Å². The molecule has 0 radical (unpaired) electrons. The Bertz CT molecular complexity index is 717. The summed E-state index contributed by atoms with van der Waals surface area (Å²) < 4.78 is 0. The third-order valence-corrected chi connectivity index (χ3v) is 7.23. The summed E-state index contributed by atoms with van der Waals surface area (Å²) >= 11 is 5.62. The molecule has 5 rings (SSSR count). The number of thiocarbonyl (C=S) groups is 1. The van der Waals surface area contributed by atoms with Gasteiger partial charge in [-0.1, -0.05) is 56.2 Å². The van der Waals surface area contributed by atoms with Gasteiger partial charge in [0, 0.05) is 5.54 Å². The largest absolute Gasteiger partial charge is 0.356 e. The van der Waals surface area contributed by atoms with Gasteiger partial charge < -0.3 is 5.32 Å². The number of benzene rings is 1. The monoisotopic (exact) mass is 409 g/mol. The summed E-state index contributed by atoms with van der Waals surface area (Å²) in [5, 5.41) is 8.88. The van der Waals surface area contributed by atoms with Gasteiger partial charge >= 0.3 is 0 Å². The van der Waals surface area contributed by atoms with E-state index in [0.29, 0.717) is 5.11 Å². The van der Waals surface area contributed by atoms with Gasteiger partial charge in [0.25, 0.3) is 0 Å².